The fourth-order valence-electron chi connectivity index (χ4n) is 14.8. The lowest BCUT2D eigenvalue weighted by Gasteiger charge is -2.34. The number of nitrogens with zero attached hydrogens (tertiary/aromatic N) is 5. The van der Waals surface area contributed by atoms with E-state index < -0.39 is 16.1 Å². The van der Waals surface area contributed by atoms with Gasteiger partial charge in [-0.2, -0.15) is 4.98 Å². The van der Waals surface area contributed by atoms with Crippen molar-refractivity contribution in [2.24, 2.45) is 0 Å². The fraction of sp³-hybridized carbons (Fsp3) is 0. The second kappa shape index (κ2) is 21.3. The molecule has 89 heavy (non-hydrogen) atoms. The number of hydrogen-bond donors (Lipinski definition) is 0. The van der Waals surface area contributed by atoms with Gasteiger partial charge in [0.05, 0.1) is 38.8 Å². The third-order valence-corrected chi connectivity index (χ3v) is 28.1. The van der Waals surface area contributed by atoms with E-state index in [-0.39, 0.29) is 0 Å². The molecule has 418 valence electrons. The Morgan fingerprint density at radius 1 is 0.236 bits per heavy atom. The van der Waals surface area contributed by atoms with Gasteiger partial charge >= 0.3 is 0 Å². The number of aromatic nitrogens is 5. The Kier molecular flexibility index (Phi) is 12.5. The Balaban J connectivity index is 0.925. The molecule has 13 aromatic carbocycles. The van der Waals surface area contributed by atoms with Gasteiger partial charge in [0, 0.05) is 49.6 Å². The van der Waals surface area contributed by atoms with E-state index in [9.17, 15) is 0 Å². The summed E-state index contributed by atoms with van der Waals surface area (Å²) >= 11 is 0. The van der Waals surface area contributed by atoms with Gasteiger partial charge < -0.3 is 4.57 Å². The molecule has 0 saturated heterocycles. The number of rotatable bonds is 12. The first-order valence-corrected chi connectivity index (χ1v) is 34.6. The number of hydrogen-bond acceptors (Lipinski definition) is 2. The minimum absolute atomic E-state index is 0.598. The third kappa shape index (κ3) is 8.13. The van der Waals surface area contributed by atoms with Gasteiger partial charge in [-0.25, -0.2) is 4.98 Å². The minimum atomic E-state index is -2.89. The molecule has 0 saturated carbocycles. The van der Waals surface area contributed by atoms with Crippen LogP contribution in [0.15, 0.2) is 346 Å². The molecular weight excluding hydrogens is 1110 g/mol. The van der Waals surface area contributed by atoms with Crippen LogP contribution in [0.5, 0.6) is 0 Å². The van der Waals surface area contributed by atoms with Gasteiger partial charge in [0.2, 0.25) is 5.95 Å². The zero-order valence-electron chi connectivity index (χ0n) is 48.6. The lowest BCUT2D eigenvalue weighted by Crippen LogP contribution is -2.74. The van der Waals surface area contributed by atoms with E-state index in [0.717, 1.165) is 88.2 Å². The minimum Gasteiger partial charge on any atom is -0.309 e. The Labute approximate surface area is 518 Å². The highest BCUT2D eigenvalue weighted by molar-refractivity contribution is 7.20. The standard InChI is InChI=1S/C82H57N5Si2/c1-7-29-60(30-8-1)88(61-31-9-2-10-32-61,62-33-11-3-12-34-62)66-52-50-58(51-53-66)73-57-79(84-82(83-73)86-74-46-23-19-42-68(74)69-43-20-24-47-75(69)86)87-76-48-25-21-44-70(76)71-54-55-78-80(81(71)87)72-45-22-26-49-77(72)85(78)59-28-27-41-67(56-59)89(63-35-13-4-14-36-63,64-37-15-5-16-38-64)65-39-17-6-18-40-65/h1-57H. The Bertz CT molecular complexity index is 5230. The summed E-state index contributed by atoms with van der Waals surface area (Å²) in [6, 6.07) is 128. The molecule has 4 aromatic heterocycles. The summed E-state index contributed by atoms with van der Waals surface area (Å²) in [6.45, 7) is 0. The van der Waals surface area contributed by atoms with Crippen molar-refractivity contribution in [1.29, 1.82) is 0 Å². The van der Waals surface area contributed by atoms with Crippen molar-refractivity contribution in [2.75, 3.05) is 0 Å². The summed E-state index contributed by atoms with van der Waals surface area (Å²) in [5.41, 5.74) is 9.42. The molecule has 0 N–H and O–H groups in total. The van der Waals surface area contributed by atoms with E-state index in [1.165, 1.54) is 41.5 Å². The van der Waals surface area contributed by atoms with Gasteiger partial charge in [-0.05, 0) is 84.0 Å². The summed E-state index contributed by atoms with van der Waals surface area (Å²) in [5.74, 6) is 1.38. The van der Waals surface area contributed by atoms with E-state index in [4.69, 9.17) is 9.97 Å². The Hall–Kier alpha value is -11.2. The largest absolute Gasteiger partial charge is 0.309 e. The molecule has 5 nitrogen and oxygen atoms in total. The highest BCUT2D eigenvalue weighted by Crippen LogP contribution is 2.43. The predicted molar refractivity (Wildman–Crippen MR) is 378 cm³/mol. The highest BCUT2D eigenvalue weighted by Gasteiger charge is 2.43. The molecule has 0 aliphatic rings. The van der Waals surface area contributed by atoms with Crippen LogP contribution in [0.25, 0.3) is 94.1 Å². The van der Waals surface area contributed by atoms with E-state index in [0.29, 0.717) is 5.95 Å². The van der Waals surface area contributed by atoms with Crippen LogP contribution >= 0.6 is 0 Å². The average molecular weight is 1170 g/mol. The monoisotopic (exact) mass is 1170 g/mol. The Morgan fingerprint density at radius 3 is 1.08 bits per heavy atom. The van der Waals surface area contributed by atoms with E-state index in [2.05, 4.69) is 359 Å². The van der Waals surface area contributed by atoms with Gasteiger partial charge in [0.1, 0.15) is 5.82 Å². The molecule has 0 fully saturated rings. The Morgan fingerprint density at radius 2 is 0.607 bits per heavy atom. The first-order valence-electron chi connectivity index (χ1n) is 30.6. The molecule has 0 unspecified atom stereocenters. The highest BCUT2D eigenvalue weighted by atomic mass is 28.3. The van der Waals surface area contributed by atoms with Gasteiger partial charge in [0.25, 0.3) is 0 Å². The van der Waals surface area contributed by atoms with Crippen molar-refractivity contribution in [3.8, 4) is 28.7 Å². The molecule has 0 spiro atoms. The van der Waals surface area contributed by atoms with E-state index >= 15 is 0 Å². The second-order valence-corrected chi connectivity index (χ2v) is 30.8. The fourth-order valence-corrected chi connectivity index (χ4v) is 24.4. The summed E-state index contributed by atoms with van der Waals surface area (Å²) in [5, 5.41) is 17.5. The maximum Gasteiger partial charge on any atom is 0.237 e. The molecule has 0 atom stereocenters. The summed E-state index contributed by atoms with van der Waals surface area (Å²) in [6.07, 6.45) is 0. The van der Waals surface area contributed by atoms with E-state index in [1.54, 1.807) is 0 Å². The van der Waals surface area contributed by atoms with Crippen molar-refractivity contribution in [1.82, 2.24) is 23.7 Å². The van der Waals surface area contributed by atoms with Crippen molar-refractivity contribution in [3.05, 3.63) is 346 Å². The first kappa shape index (κ1) is 52.1. The van der Waals surface area contributed by atoms with Gasteiger partial charge in [-0.15, -0.1) is 0 Å². The summed E-state index contributed by atoms with van der Waals surface area (Å²) < 4.78 is 7.18. The van der Waals surface area contributed by atoms with Crippen LogP contribution in [0, 0.1) is 0 Å². The zero-order valence-corrected chi connectivity index (χ0v) is 50.6. The van der Waals surface area contributed by atoms with Crippen molar-refractivity contribution in [3.63, 3.8) is 0 Å². The molecular formula is C82H57N5Si2. The van der Waals surface area contributed by atoms with Crippen molar-refractivity contribution < 1.29 is 0 Å². The van der Waals surface area contributed by atoms with Crippen LogP contribution in [0.1, 0.15) is 0 Å². The molecule has 17 rings (SSSR count). The van der Waals surface area contributed by atoms with Gasteiger partial charge in [0.15, 0.2) is 16.1 Å². The normalized spacial score (nSPS) is 12.0. The van der Waals surface area contributed by atoms with Gasteiger partial charge in [-0.1, -0.05) is 297 Å². The van der Waals surface area contributed by atoms with Gasteiger partial charge in [-0.3, -0.25) is 9.13 Å². The zero-order chi connectivity index (χ0) is 58.9. The smallest absolute Gasteiger partial charge is 0.237 e. The maximum absolute atomic E-state index is 5.82. The number of benzene rings is 13. The lowest BCUT2D eigenvalue weighted by molar-refractivity contribution is 0.953. The first-order chi connectivity index (χ1) is 44.2. The molecule has 0 aliphatic carbocycles. The molecule has 0 radical (unpaired) electrons. The van der Waals surface area contributed by atoms with Crippen LogP contribution in [0.3, 0.4) is 0 Å². The summed E-state index contributed by atoms with van der Waals surface area (Å²) in [4.78, 5) is 11.5. The predicted octanol–water partition coefficient (Wildman–Crippen LogP) is 14.2. The van der Waals surface area contributed by atoms with Crippen LogP contribution in [0.4, 0.5) is 0 Å². The van der Waals surface area contributed by atoms with E-state index in [1.807, 2.05) is 0 Å². The third-order valence-electron chi connectivity index (χ3n) is 18.6. The average Bonchev–Trinajstić information content (AvgIpc) is 1.68. The van der Waals surface area contributed by atoms with Crippen LogP contribution in [-0.4, -0.2) is 39.8 Å². The molecule has 0 bridgehead atoms. The molecule has 17 aromatic rings. The number of fused-ring (bicyclic) bond motifs is 10. The second-order valence-electron chi connectivity index (χ2n) is 23.2. The molecule has 4 heterocycles. The quantitative estimate of drug-likeness (QED) is 0.0903. The lowest BCUT2D eigenvalue weighted by atomic mass is 10.1. The van der Waals surface area contributed by atoms with Crippen molar-refractivity contribution >= 4 is 123 Å². The van der Waals surface area contributed by atoms with Crippen molar-refractivity contribution in [2.45, 2.75) is 0 Å². The SMILES string of the molecule is c1ccc([Si](c2ccccc2)(c2ccccc2)c2ccc(-c3cc(-n4c5ccccc5c5ccc6c(c7ccccc7n6-c6cccc([Si](c7ccccc7)(c7ccccc7)c7ccccc7)c6)c54)nc(-n4c5ccccc5c5ccccc54)n3)cc2)cc1. The van der Waals surface area contributed by atoms with Crippen LogP contribution in [-0.2, 0) is 0 Å². The molecule has 0 amide bonds. The maximum atomic E-state index is 5.82. The molecule has 7 heteroatoms. The number of para-hydroxylation sites is 4. The topological polar surface area (TPSA) is 40.6 Å². The summed E-state index contributed by atoms with van der Waals surface area (Å²) in [7, 11) is -5.71. The molecule has 0 aliphatic heterocycles. The van der Waals surface area contributed by atoms with Crippen LogP contribution < -0.4 is 41.5 Å². The van der Waals surface area contributed by atoms with Crippen LogP contribution in [0.2, 0.25) is 0 Å².